The van der Waals surface area contributed by atoms with Crippen molar-refractivity contribution in [1.82, 2.24) is 9.78 Å². The van der Waals surface area contributed by atoms with E-state index in [1.54, 1.807) is 13.8 Å². The summed E-state index contributed by atoms with van der Waals surface area (Å²) in [6, 6.07) is 0. The maximum Gasteiger partial charge on any atom is 0.193 e. The number of hydrogen-bond acceptors (Lipinski definition) is 7. The number of alkyl halides is 1. The Kier molecular flexibility index (Phi) is 7.13. The second-order valence-electron chi connectivity index (χ2n) is 13.4. The van der Waals surface area contributed by atoms with Gasteiger partial charge < -0.3 is 24.4 Å². The van der Waals surface area contributed by atoms with Gasteiger partial charge in [-0.3, -0.25) is 9.48 Å². The molecule has 5 aliphatic rings. The average molecular weight is 589 g/mol. The fourth-order valence-electron chi connectivity index (χ4n) is 9.34. The molecule has 1 aromatic rings. The number of hydrogen-bond donors (Lipinski definition) is 2. The molecule has 1 saturated heterocycles. The van der Waals surface area contributed by atoms with Gasteiger partial charge in [-0.05, 0) is 63.5 Å². The van der Waals surface area contributed by atoms with Gasteiger partial charge >= 0.3 is 0 Å². The van der Waals surface area contributed by atoms with Crippen LogP contribution in [0.15, 0.2) is 11.8 Å². The summed E-state index contributed by atoms with van der Waals surface area (Å²) in [7, 11) is 2.52. The molecule has 1 aromatic heterocycles. The number of carbonyl (C=O) groups is 1. The minimum absolute atomic E-state index is 0.0529. The van der Waals surface area contributed by atoms with E-state index in [1.165, 1.54) is 0 Å². The number of nitrogens with zero attached hydrogens (tertiary/aromatic N) is 2. The second-order valence-corrected chi connectivity index (χ2v) is 13.7. The van der Waals surface area contributed by atoms with Crippen LogP contribution in [0, 0.1) is 34.5 Å². The van der Waals surface area contributed by atoms with Crippen molar-refractivity contribution >= 4 is 21.1 Å². The topological polar surface area (TPSA) is 103 Å². The van der Waals surface area contributed by atoms with E-state index in [1.807, 2.05) is 30.8 Å². The molecule has 0 spiro atoms. The van der Waals surface area contributed by atoms with Crippen molar-refractivity contribution in [2.24, 2.45) is 22.7 Å². The Hall–Kier alpha value is -1.66. The maximum atomic E-state index is 18.0. The minimum atomic E-state index is -1.91. The summed E-state index contributed by atoms with van der Waals surface area (Å²) in [5.74, 6) is 4.03. The molecule has 0 bridgehead atoms. The van der Waals surface area contributed by atoms with E-state index in [0.29, 0.717) is 51.6 Å². The number of aliphatic hydroxyl groups excluding tert-OH is 2. The van der Waals surface area contributed by atoms with E-state index >= 15 is 4.39 Å². The zero-order chi connectivity index (χ0) is 29.4. The van der Waals surface area contributed by atoms with Gasteiger partial charge in [-0.25, -0.2) is 4.39 Å². The van der Waals surface area contributed by atoms with Gasteiger partial charge in [0, 0.05) is 29.4 Å². The first kappa shape index (κ1) is 29.4. The number of aromatic nitrogens is 2. The van der Waals surface area contributed by atoms with E-state index in [0.717, 1.165) is 16.8 Å². The lowest BCUT2D eigenvalue weighted by molar-refractivity contribution is -0.250. The molecular formula is C31H42FN2O6P. The number of carbonyl (C=O) groups excluding carboxylic acids is 1. The Labute approximate surface area is 243 Å². The van der Waals surface area contributed by atoms with Crippen molar-refractivity contribution < 1.29 is 33.6 Å². The normalized spacial score (nSPS) is 41.7. The van der Waals surface area contributed by atoms with Crippen LogP contribution in [0.2, 0.25) is 0 Å². The first-order valence-electron chi connectivity index (χ1n) is 14.8. The van der Waals surface area contributed by atoms with Gasteiger partial charge in [0.1, 0.15) is 18.8 Å². The predicted octanol–water partition coefficient (Wildman–Crippen LogP) is 3.43. The van der Waals surface area contributed by atoms with Gasteiger partial charge in [-0.15, -0.1) is 9.24 Å². The van der Waals surface area contributed by atoms with Crippen LogP contribution in [0.4, 0.5) is 4.39 Å². The van der Waals surface area contributed by atoms with E-state index in [2.05, 4.69) is 21.1 Å². The number of halogens is 1. The molecule has 8 nitrogen and oxygen atoms in total. The van der Waals surface area contributed by atoms with Crippen molar-refractivity contribution in [1.29, 1.82) is 0 Å². The van der Waals surface area contributed by atoms with Crippen LogP contribution in [0.25, 0.3) is 6.08 Å². The van der Waals surface area contributed by atoms with E-state index in [4.69, 9.17) is 19.3 Å². The molecule has 2 heterocycles. The summed E-state index contributed by atoms with van der Waals surface area (Å²) in [4.78, 5) is 13.4. The van der Waals surface area contributed by atoms with Gasteiger partial charge in [-0.1, -0.05) is 31.3 Å². The Morgan fingerprint density at radius 2 is 2.07 bits per heavy atom. The first-order chi connectivity index (χ1) is 19.4. The summed E-state index contributed by atoms with van der Waals surface area (Å²) in [6.07, 6.45) is 5.47. The largest absolute Gasteiger partial charge is 0.390 e. The van der Waals surface area contributed by atoms with Crippen LogP contribution in [0.3, 0.4) is 0 Å². The lowest BCUT2D eigenvalue weighted by Crippen LogP contribution is -2.70. The molecule has 4 aliphatic carbocycles. The molecule has 0 amide bonds. The van der Waals surface area contributed by atoms with E-state index in [9.17, 15) is 15.0 Å². The Bertz CT molecular complexity index is 1340. The SMILES string of the molecule is CC1(C)O[C@@H]2C[C@H]3[C@@H]4CCC5=Cc6nn(CC#CCCOCP)cc6C[C@]5(C)[C@@]4(F)[C@@H](O)C[C@]3(C)[C@]2(C(=O)CO)O1. The molecule has 3 saturated carbocycles. The number of Topliss-reactive ketones (excluding diaryl/α,β-unsaturated/α-hetero) is 1. The van der Waals surface area contributed by atoms with E-state index < -0.39 is 58.4 Å². The molecule has 224 valence electrons. The minimum Gasteiger partial charge on any atom is -0.390 e. The highest BCUT2D eigenvalue weighted by Crippen LogP contribution is 2.72. The maximum absolute atomic E-state index is 18.0. The number of aliphatic hydroxyl groups is 2. The van der Waals surface area contributed by atoms with Gasteiger partial charge in [0.05, 0.1) is 30.9 Å². The highest BCUT2D eigenvalue weighted by Gasteiger charge is 2.80. The summed E-state index contributed by atoms with van der Waals surface area (Å²) in [5.41, 5.74) is -2.36. The third kappa shape index (κ3) is 4.01. The highest BCUT2D eigenvalue weighted by atomic mass is 31.0. The second kappa shape index (κ2) is 9.94. The average Bonchev–Trinajstić information content (AvgIpc) is 3.51. The molecule has 9 atom stereocenters. The van der Waals surface area contributed by atoms with Crippen LogP contribution in [-0.4, -0.2) is 74.6 Å². The molecule has 41 heavy (non-hydrogen) atoms. The van der Waals surface area contributed by atoms with Crippen molar-refractivity contribution in [2.75, 3.05) is 19.6 Å². The molecule has 6 rings (SSSR count). The molecule has 4 fully saturated rings. The van der Waals surface area contributed by atoms with Crippen LogP contribution in [0.5, 0.6) is 0 Å². The number of ether oxygens (including phenoxy) is 3. The standard InChI is InChI=1S/C31H42FN2O6P/c1-27(2)39-26-13-22-21-9-8-20-12-23-19(16-34(33-23)10-6-5-7-11-38-18-41)14-28(20,3)30(21,32)24(36)15-29(22,4)31(26,40-27)25(37)17-35/h12,16,21-22,24,26,35-36H,7-11,13-15,17-18,41H2,1-4H3/t21-,22-,24-,26+,28-,29-,30-,31+/m0/s1. The molecule has 10 heteroatoms. The fourth-order valence-corrected chi connectivity index (χ4v) is 9.50. The monoisotopic (exact) mass is 588 g/mol. The summed E-state index contributed by atoms with van der Waals surface area (Å²) in [6.45, 7) is 7.75. The summed E-state index contributed by atoms with van der Waals surface area (Å²) in [5, 5.41) is 26.6. The Morgan fingerprint density at radius 1 is 1.29 bits per heavy atom. The van der Waals surface area contributed by atoms with Crippen molar-refractivity contribution in [3.63, 3.8) is 0 Å². The third-order valence-electron chi connectivity index (χ3n) is 11.0. The summed E-state index contributed by atoms with van der Waals surface area (Å²) >= 11 is 0. The van der Waals surface area contributed by atoms with Crippen molar-refractivity contribution in [3.8, 4) is 11.8 Å². The molecule has 1 unspecified atom stereocenters. The van der Waals surface area contributed by atoms with Crippen molar-refractivity contribution in [3.05, 3.63) is 23.0 Å². The van der Waals surface area contributed by atoms with Gasteiger partial charge in [0.2, 0.25) is 0 Å². The molecular weight excluding hydrogens is 546 g/mol. The van der Waals surface area contributed by atoms with Crippen LogP contribution in [0.1, 0.15) is 71.1 Å². The Balaban J connectivity index is 1.31. The predicted molar refractivity (Wildman–Crippen MR) is 153 cm³/mol. The highest BCUT2D eigenvalue weighted by molar-refractivity contribution is 7.16. The van der Waals surface area contributed by atoms with Crippen LogP contribution in [-0.2, 0) is 32.0 Å². The lowest BCUT2D eigenvalue weighted by atomic mass is 9.43. The van der Waals surface area contributed by atoms with Crippen LogP contribution >= 0.6 is 9.24 Å². The number of allylic oxidation sites excluding steroid dienone is 1. The van der Waals surface area contributed by atoms with E-state index in [-0.39, 0.29) is 12.3 Å². The molecule has 1 aliphatic heterocycles. The molecule has 0 aromatic carbocycles. The fraction of sp³-hybridized carbons (Fsp3) is 0.742. The first-order valence-corrected chi connectivity index (χ1v) is 15.6. The Morgan fingerprint density at radius 3 is 2.80 bits per heavy atom. The third-order valence-corrected chi connectivity index (χ3v) is 11.2. The number of rotatable bonds is 6. The molecule has 2 N–H and O–H groups in total. The smallest absolute Gasteiger partial charge is 0.193 e. The quantitative estimate of drug-likeness (QED) is 0.298. The zero-order valence-electron chi connectivity index (χ0n) is 24.4. The number of ketones is 1. The zero-order valence-corrected chi connectivity index (χ0v) is 25.6. The van der Waals surface area contributed by atoms with Crippen molar-refractivity contribution in [2.45, 2.75) is 102 Å². The van der Waals surface area contributed by atoms with Gasteiger partial charge in [0.15, 0.2) is 17.2 Å². The van der Waals surface area contributed by atoms with Gasteiger partial charge in [-0.2, -0.15) is 5.10 Å². The van der Waals surface area contributed by atoms with Crippen LogP contribution < -0.4 is 0 Å². The van der Waals surface area contributed by atoms with Gasteiger partial charge in [0.25, 0.3) is 0 Å². The number of fused-ring (bicyclic) bond motifs is 8. The lowest BCUT2D eigenvalue weighted by Gasteiger charge is -2.63. The summed E-state index contributed by atoms with van der Waals surface area (Å²) < 4.78 is 37.7. The molecule has 0 radical (unpaired) electrons.